The summed E-state index contributed by atoms with van der Waals surface area (Å²) in [6, 6.07) is 11.1. The summed E-state index contributed by atoms with van der Waals surface area (Å²) >= 11 is 11.8. The molecule has 0 fully saturated rings. The van der Waals surface area contributed by atoms with Crippen LogP contribution in [-0.2, 0) is 0 Å². The van der Waals surface area contributed by atoms with Crippen LogP contribution in [0.15, 0.2) is 47.0 Å². The molecule has 0 saturated heterocycles. The van der Waals surface area contributed by atoms with E-state index in [-0.39, 0.29) is 11.8 Å². The maximum absolute atomic E-state index is 12.3. The molecular formula is C19H15Cl2N3O3. The molecule has 2 N–H and O–H groups in total. The molecule has 0 aliphatic rings. The van der Waals surface area contributed by atoms with Crippen molar-refractivity contribution >= 4 is 46.4 Å². The first-order valence-electron chi connectivity index (χ1n) is 7.95. The van der Waals surface area contributed by atoms with Gasteiger partial charge in [0.1, 0.15) is 11.4 Å². The molecule has 3 rings (SSSR count). The zero-order valence-electron chi connectivity index (χ0n) is 14.5. The van der Waals surface area contributed by atoms with Crippen LogP contribution in [0.1, 0.15) is 32.2 Å². The number of benzene rings is 2. The summed E-state index contributed by atoms with van der Waals surface area (Å²) in [6.45, 7) is 3.46. The van der Waals surface area contributed by atoms with Gasteiger partial charge < -0.3 is 15.2 Å². The fraction of sp³-hybridized carbons (Fsp3) is 0.105. The second kappa shape index (κ2) is 7.82. The Kier molecular flexibility index (Phi) is 5.48. The largest absolute Gasteiger partial charge is 0.359 e. The molecule has 0 unspecified atom stereocenters. The third-order valence-corrected chi connectivity index (χ3v) is 4.24. The van der Waals surface area contributed by atoms with Crippen molar-refractivity contribution in [2.45, 2.75) is 13.8 Å². The molecule has 2 aromatic carbocycles. The molecule has 8 heteroatoms. The van der Waals surface area contributed by atoms with Gasteiger partial charge in [-0.2, -0.15) is 0 Å². The third kappa shape index (κ3) is 4.48. The van der Waals surface area contributed by atoms with E-state index in [1.165, 1.54) is 12.1 Å². The van der Waals surface area contributed by atoms with Crippen molar-refractivity contribution in [1.29, 1.82) is 0 Å². The number of hydrogen-bond donors (Lipinski definition) is 2. The standard InChI is InChI=1S/C19H15Cl2N3O3/c1-10-17(11(2)27-24-10)23-18(25)12-3-5-16(6-4-12)22-19(26)13-7-14(20)9-15(21)8-13/h3-9H,1-2H3,(H,22,26)(H,23,25). The summed E-state index contributed by atoms with van der Waals surface area (Å²) in [5, 5.41) is 10.0. The topological polar surface area (TPSA) is 84.2 Å². The lowest BCUT2D eigenvalue weighted by Gasteiger charge is -2.08. The second-order valence-electron chi connectivity index (χ2n) is 5.84. The second-order valence-corrected chi connectivity index (χ2v) is 6.72. The van der Waals surface area contributed by atoms with Crippen LogP contribution in [0.2, 0.25) is 10.0 Å². The van der Waals surface area contributed by atoms with E-state index in [1.807, 2.05) is 0 Å². The number of nitrogens with one attached hydrogen (secondary N) is 2. The number of halogens is 2. The molecule has 27 heavy (non-hydrogen) atoms. The van der Waals surface area contributed by atoms with E-state index >= 15 is 0 Å². The zero-order chi connectivity index (χ0) is 19.6. The van der Waals surface area contributed by atoms with Crippen LogP contribution in [0.3, 0.4) is 0 Å². The number of nitrogens with zero attached hydrogens (tertiary/aromatic N) is 1. The minimum atomic E-state index is -0.354. The molecule has 3 aromatic rings. The number of carbonyl (C=O) groups is 2. The van der Waals surface area contributed by atoms with Crippen LogP contribution in [-0.4, -0.2) is 17.0 Å². The maximum Gasteiger partial charge on any atom is 0.255 e. The first-order valence-corrected chi connectivity index (χ1v) is 8.71. The molecule has 1 heterocycles. The lowest BCUT2D eigenvalue weighted by Crippen LogP contribution is -2.14. The Morgan fingerprint density at radius 2 is 1.48 bits per heavy atom. The molecule has 0 atom stereocenters. The van der Waals surface area contributed by atoms with E-state index in [4.69, 9.17) is 27.7 Å². The Balaban J connectivity index is 1.69. The Bertz CT molecular complexity index is 974. The molecule has 6 nitrogen and oxygen atoms in total. The highest BCUT2D eigenvalue weighted by atomic mass is 35.5. The molecular weight excluding hydrogens is 389 g/mol. The monoisotopic (exact) mass is 403 g/mol. The lowest BCUT2D eigenvalue weighted by atomic mass is 10.1. The maximum atomic E-state index is 12.3. The average molecular weight is 404 g/mol. The summed E-state index contributed by atoms with van der Waals surface area (Å²) in [6.07, 6.45) is 0. The first-order chi connectivity index (χ1) is 12.8. The van der Waals surface area contributed by atoms with E-state index in [9.17, 15) is 9.59 Å². The summed E-state index contributed by atoms with van der Waals surface area (Å²) in [7, 11) is 0. The van der Waals surface area contributed by atoms with Crippen LogP contribution in [0.5, 0.6) is 0 Å². The number of aryl methyl sites for hydroxylation is 2. The Morgan fingerprint density at radius 3 is 2.04 bits per heavy atom. The van der Waals surface area contributed by atoms with Gasteiger partial charge >= 0.3 is 0 Å². The Hall–Kier alpha value is -2.83. The average Bonchev–Trinajstić information content (AvgIpc) is 2.93. The predicted molar refractivity (Wildman–Crippen MR) is 105 cm³/mol. The van der Waals surface area contributed by atoms with E-state index in [2.05, 4.69) is 15.8 Å². The van der Waals surface area contributed by atoms with E-state index in [0.717, 1.165) is 0 Å². The van der Waals surface area contributed by atoms with Gasteiger partial charge in [0.2, 0.25) is 0 Å². The van der Waals surface area contributed by atoms with Crippen LogP contribution in [0.25, 0.3) is 0 Å². The minimum Gasteiger partial charge on any atom is -0.359 e. The van der Waals surface area contributed by atoms with Crippen molar-refractivity contribution in [3.63, 3.8) is 0 Å². The van der Waals surface area contributed by atoms with Gasteiger partial charge in [0.15, 0.2) is 5.76 Å². The Morgan fingerprint density at radius 1 is 0.889 bits per heavy atom. The summed E-state index contributed by atoms with van der Waals surface area (Å²) in [5.74, 6) is -0.124. The fourth-order valence-corrected chi connectivity index (χ4v) is 2.97. The Labute approximate surface area is 165 Å². The molecule has 0 saturated carbocycles. The highest BCUT2D eigenvalue weighted by Gasteiger charge is 2.14. The number of hydrogen-bond acceptors (Lipinski definition) is 4. The fourth-order valence-electron chi connectivity index (χ4n) is 2.44. The SMILES string of the molecule is Cc1noc(C)c1NC(=O)c1ccc(NC(=O)c2cc(Cl)cc(Cl)c2)cc1. The number of anilines is 2. The van der Waals surface area contributed by atoms with Gasteiger partial charge in [-0.15, -0.1) is 0 Å². The molecule has 0 spiro atoms. The van der Waals surface area contributed by atoms with E-state index in [0.29, 0.717) is 44.0 Å². The number of aromatic nitrogens is 1. The van der Waals surface area contributed by atoms with Crippen LogP contribution in [0, 0.1) is 13.8 Å². The molecule has 0 radical (unpaired) electrons. The minimum absolute atomic E-state index is 0.302. The molecule has 0 aliphatic heterocycles. The van der Waals surface area contributed by atoms with Gasteiger partial charge in [-0.3, -0.25) is 9.59 Å². The number of carbonyl (C=O) groups excluding carboxylic acids is 2. The van der Waals surface area contributed by atoms with Crippen molar-refractivity contribution in [1.82, 2.24) is 5.16 Å². The van der Waals surface area contributed by atoms with Crippen molar-refractivity contribution < 1.29 is 14.1 Å². The van der Waals surface area contributed by atoms with Crippen LogP contribution < -0.4 is 10.6 Å². The van der Waals surface area contributed by atoms with Crippen LogP contribution >= 0.6 is 23.2 Å². The van der Waals surface area contributed by atoms with Crippen molar-refractivity contribution in [3.05, 3.63) is 75.1 Å². The molecule has 0 bridgehead atoms. The normalized spacial score (nSPS) is 10.5. The molecule has 0 aliphatic carbocycles. The van der Waals surface area contributed by atoms with Gasteiger partial charge in [-0.1, -0.05) is 28.4 Å². The van der Waals surface area contributed by atoms with Crippen molar-refractivity contribution in [2.24, 2.45) is 0 Å². The van der Waals surface area contributed by atoms with Crippen molar-refractivity contribution in [2.75, 3.05) is 10.6 Å². The highest BCUT2D eigenvalue weighted by Crippen LogP contribution is 2.22. The highest BCUT2D eigenvalue weighted by molar-refractivity contribution is 6.35. The first kappa shape index (κ1) is 18.9. The summed E-state index contributed by atoms with van der Waals surface area (Å²) < 4.78 is 5.02. The van der Waals surface area contributed by atoms with Gasteiger partial charge in [0, 0.05) is 26.9 Å². The predicted octanol–water partition coefficient (Wildman–Crippen LogP) is 5.10. The molecule has 138 valence electrons. The van der Waals surface area contributed by atoms with Gasteiger partial charge in [0.25, 0.3) is 11.8 Å². The lowest BCUT2D eigenvalue weighted by molar-refractivity contribution is 0.101. The smallest absolute Gasteiger partial charge is 0.255 e. The van der Waals surface area contributed by atoms with Gasteiger partial charge in [-0.25, -0.2) is 0 Å². The summed E-state index contributed by atoms with van der Waals surface area (Å²) in [4.78, 5) is 24.6. The molecule has 1 aromatic heterocycles. The van der Waals surface area contributed by atoms with E-state index in [1.54, 1.807) is 44.2 Å². The molecule has 2 amide bonds. The van der Waals surface area contributed by atoms with E-state index < -0.39 is 0 Å². The quantitative estimate of drug-likeness (QED) is 0.634. The van der Waals surface area contributed by atoms with Crippen LogP contribution in [0.4, 0.5) is 11.4 Å². The summed E-state index contributed by atoms with van der Waals surface area (Å²) in [5.41, 5.74) is 2.46. The van der Waals surface area contributed by atoms with Gasteiger partial charge in [-0.05, 0) is 56.3 Å². The zero-order valence-corrected chi connectivity index (χ0v) is 16.0. The third-order valence-electron chi connectivity index (χ3n) is 3.80. The van der Waals surface area contributed by atoms with Crippen molar-refractivity contribution in [3.8, 4) is 0 Å². The number of amides is 2. The number of rotatable bonds is 4. The van der Waals surface area contributed by atoms with Gasteiger partial charge in [0.05, 0.1) is 0 Å².